The van der Waals surface area contributed by atoms with E-state index in [9.17, 15) is 4.79 Å². The molecule has 122 valence electrons. The third-order valence-electron chi connectivity index (χ3n) is 5.05. The van der Waals surface area contributed by atoms with Gasteiger partial charge in [0, 0.05) is 43.4 Å². The van der Waals surface area contributed by atoms with Gasteiger partial charge >= 0.3 is 0 Å². The Morgan fingerprint density at radius 2 is 1.83 bits per heavy atom. The van der Waals surface area contributed by atoms with Crippen LogP contribution < -0.4 is 0 Å². The number of nitrogens with zero attached hydrogens (tertiary/aromatic N) is 4. The van der Waals surface area contributed by atoms with Gasteiger partial charge in [-0.15, -0.1) is 0 Å². The number of carbonyl (C=O) groups excluding carboxylic acids is 1. The van der Waals surface area contributed by atoms with Gasteiger partial charge in [0.15, 0.2) is 5.82 Å². The lowest BCUT2D eigenvalue weighted by atomic mass is 9.83. The molecule has 0 radical (unpaired) electrons. The van der Waals surface area contributed by atoms with Gasteiger partial charge in [-0.05, 0) is 43.7 Å². The Kier molecular flexibility index (Phi) is 3.84. The molecule has 0 saturated carbocycles. The first-order valence-corrected chi connectivity index (χ1v) is 8.38. The van der Waals surface area contributed by atoms with Gasteiger partial charge in [-0.1, -0.05) is 11.6 Å². The molecule has 5 nitrogen and oxygen atoms in total. The third-order valence-corrected chi connectivity index (χ3v) is 5.05. The molecule has 2 aliphatic rings. The van der Waals surface area contributed by atoms with E-state index in [1.54, 1.807) is 24.8 Å². The third kappa shape index (κ3) is 2.82. The number of carbonyl (C=O) groups is 1. The molecule has 0 unspecified atom stereocenters. The summed E-state index contributed by atoms with van der Waals surface area (Å²) in [5.74, 6) is 1.87. The van der Waals surface area contributed by atoms with Crippen LogP contribution in [0.25, 0.3) is 11.4 Å². The first-order valence-electron chi connectivity index (χ1n) is 8.38. The summed E-state index contributed by atoms with van der Waals surface area (Å²) in [6, 6.07) is 3.72. The molecule has 1 aliphatic heterocycles. The topological polar surface area (TPSA) is 59.0 Å². The molecule has 0 aromatic carbocycles. The lowest BCUT2D eigenvalue weighted by molar-refractivity contribution is 0.0783. The molecule has 0 spiro atoms. The second kappa shape index (κ2) is 6.15. The highest BCUT2D eigenvalue weighted by atomic mass is 16.2. The van der Waals surface area contributed by atoms with Gasteiger partial charge in [0.25, 0.3) is 5.91 Å². The highest BCUT2D eigenvalue weighted by Crippen LogP contribution is 2.36. The summed E-state index contributed by atoms with van der Waals surface area (Å²) in [6.07, 6.45) is 11.2. The lowest BCUT2D eigenvalue weighted by Crippen LogP contribution is -2.29. The largest absolute Gasteiger partial charge is 0.338 e. The van der Waals surface area contributed by atoms with Gasteiger partial charge in [0.2, 0.25) is 0 Å². The van der Waals surface area contributed by atoms with Crippen molar-refractivity contribution in [3.05, 3.63) is 54.1 Å². The van der Waals surface area contributed by atoms with Gasteiger partial charge in [-0.2, -0.15) is 0 Å². The molecule has 3 heterocycles. The van der Waals surface area contributed by atoms with E-state index >= 15 is 0 Å². The van der Waals surface area contributed by atoms with Gasteiger partial charge in [0.05, 0.1) is 5.56 Å². The fourth-order valence-electron chi connectivity index (χ4n) is 3.72. The minimum atomic E-state index is 0.0448. The summed E-state index contributed by atoms with van der Waals surface area (Å²) in [4.78, 5) is 27.4. The van der Waals surface area contributed by atoms with Crippen LogP contribution in [-0.2, 0) is 0 Å². The van der Waals surface area contributed by atoms with Crippen molar-refractivity contribution in [1.29, 1.82) is 0 Å². The Bertz CT molecular complexity index is 770. The highest BCUT2D eigenvalue weighted by molar-refractivity contribution is 5.94. The van der Waals surface area contributed by atoms with Crippen LogP contribution in [0.5, 0.6) is 0 Å². The van der Waals surface area contributed by atoms with E-state index in [-0.39, 0.29) is 5.91 Å². The summed E-state index contributed by atoms with van der Waals surface area (Å²) < 4.78 is 0. The molecule has 0 N–H and O–H groups in total. The molecule has 1 aliphatic carbocycles. The second-order valence-electron chi connectivity index (χ2n) is 6.75. The predicted molar refractivity (Wildman–Crippen MR) is 91.1 cm³/mol. The molecule has 2 atom stereocenters. The first kappa shape index (κ1) is 15.0. The van der Waals surface area contributed by atoms with Crippen molar-refractivity contribution in [2.24, 2.45) is 11.8 Å². The molecule has 4 rings (SSSR count). The number of hydrogen-bond donors (Lipinski definition) is 0. The van der Waals surface area contributed by atoms with Gasteiger partial charge in [-0.3, -0.25) is 9.78 Å². The lowest BCUT2D eigenvalue weighted by Gasteiger charge is -2.21. The van der Waals surface area contributed by atoms with Crippen LogP contribution in [0.2, 0.25) is 0 Å². The fourth-order valence-corrected chi connectivity index (χ4v) is 3.72. The minimum Gasteiger partial charge on any atom is -0.338 e. The van der Waals surface area contributed by atoms with E-state index in [4.69, 9.17) is 0 Å². The summed E-state index contributed by atoms with van der Waals surface area (Å²) in [5, 5.41) is 0. The van der Waals surface area contributed by atoms with E-state index in [2.05, 4.69) is 28.0 Å². The maximum Gasteiger partial charge on any atom is 0.257 e. The zero-order chi connectivity index (χ0) is 16.5. The van der Waals surface area contributed by atoms with Crippen LogP contribution >= 0.6 is 0 Å². The molecule has 1 fully saturated rings. The van der Waals surface area contributed by atoms with Crippen LogP contribution in [0.4, 0.5) is 0 Å². The van der Waals surface area contributed by atoms with Crippen molar-refractivity contribution in [1.82, 2.24) is 19.9 Å². The number of pyridine rings is 1. The molecule has 2 aromatic rings. The summed E-state index contributed by atoms with van der Waals surface area (Å²) >= 11 is 0. The minimum absolute atomic E-state index is 0.0448. The number of rotatable bonds is 2. The number of allylic oxidation sites excluding steroid dienone is 2. The molecule has 5 heteroatoms. The summed E-state index contributed by atoms with van der Waals surface area (Å²) in [7, 11) is 0. The monoisotopic (exact) mass is 320 g/mol. The maximum absolute atomic E-state index is 12.7. The van der Waals surface area contributed by atoms with Crippen molar-refractivity contribution in [2.75, 3.05) is 13.1 Å². The average Bonchev–Trinajstić information content (AvgIpc) is 3.05. The van der Waals surface area contributed by atoms with Gasteiger partial charge in [0.1, 0.15) is 0 Å². The van der Waals surface area contributed by atoms with Crippen LogP contribution in [0.3, 0.4) is 0 Å². The number of aromatic nitrogens is 3. The normalized spacial score (nSPS) is 22.9. The van der Waals surface area contributed by atoms with Crippen LogP contribution in [0.15, 0.2) is 48.6 Å². The Hall–Kier alpha value is -2.56. The van der Waals surface area contributed by atoms with Crippen molar-refractivity contribution in [2.45, 2.75) is 19.8 Å². The number of fused-ring (bicyclic) bond motifs is 1. The number of likely N-dealkylation sites (tertiary alicyclic amines) is 1. The zero-order valence-electron chi connectivity index (χ0n) is 13.7. The smallest absolute Gasteiger partial charge is 0.257 e. The van der Waals surface area contributed by atoms with Crippen LogP contribution in [0, 0.1) is 11.8 Å². The summed E-state index contributed by atoms with van der Waals surface area (Å²) in [6.45, 7) is 3.88. The molecular formula is C19H20N4O. The van der Waals surface area contributed by atoms with Crippen molar-refractivity contribution < 1.29 is 4.79 Å². The SMILES string of the molecule is CC1=CC[C@H]2CN(C(=O)c3cnc(-c4ccncc4)nc3)C[C@H]2C1. The molecule has 1 saturated heterocycles. The molecular weight excluding hydrogens is 300 g/mol. The molecule has 24 heavy (non-hydrogen) atoms. The summed E-state index contributed by atoms with van der Waals surface area (Å²) in [5.41, 5.74) is 2.92. The van der Waals surface area contributed by atoms with E-state index in [1.165, 1.54) is 5.57 Å². The van der Waals surface area contributed by atoms with Gasteiger partial charge in [-0.25, -0.2) is 9.97 Å². The van der Waals surface area contributed by atoms with Gasteiger partial charge < -0.3 is 4.90 Å². The second-order valence-corrected chi connectivity index (χ2v) is 6.75. The highest BCUT2D eigenvalue weighted by Gasteiger charge is 2.36. The van der Waals surface area contributed by atoms with E-state index in [0.717, 1.165) is 31.5 Å². The predicted octanol–water partition coefficient (Wildman–Crippen LogP) is 2.97. The van der Waals surface area contributed by atoms with Crippen LogP contribution in [0.1, 0.15) is 30.1 Å². The van der Waals surface area contributed by atoms with Crippen molar-refractivity contribution in [3.63, 3.8) is 0 Å². The average molecular weight is 320 g/mol. The van der Waals surface area contributed by atoms with Crippen molar-refractivity contribution in [3.8, 4) is 11.4 Å². The van der Waals surface area contributed by atoms with E-state index in [0.29, 0.717) is 23.2 Å². The Balaban J connectivity index is 1.48. The maximum atomic E-state index is 12.7. The van der Waals surface area contributed by atoms with E-state index in [1.807, 2.05) is 17.0 Å². The molecule has 2 aromatic heterocycles. The van der Waals surface area contributed by atoms with E-state index < -0.39 is 0 Å². The quantitative estimate of drug-likeness (QED) is 0.798. The number of amides is 1. The Morgan fingerprint density at radius 3 is 2.58 bits per heavy atom. The van der Waals surface area contributed by atoms with Crippen LogP contribution in [-0.4, -0.2) is 38.8 Å². The Morgan fingerprint density at radius 1 is 1.12 bits per heavy atom. The standard InChI is InChI=1S/C19H20N4O/c1-13-2-3-15-11-23(12-16(15)8-13)19(24)17-9-21-18(22-10-17)14-4-6-20-7-5-14/h2,4-7,9-10,15-16H,3,8,11-12H2,1H3/t15-,16+/m0/s1. The molecule has 0 bridgehead atoms. The zero-order valence-corrected chi connectivity index (χ0v) is 13.7. The fraction of sp³-hybridized carbons (Fsp3) is 0.368. The Labute approximate surface area is 141 Å². The number of hydrogen-bond acceptors (Lipinski definition) is 4. The first-order chi connectivity index (χ1) is 11.7. The van der Waals surface area contributed by atoms with Crippen molar-refractivity contribution >= 4 is 5.91 Å². The molecule has 1 amide bonds.